The summed E-state index contributed by atoms with van der Waals surface area (Å²) in [6.45, 7) is 2.85. The number of benzene rings is 1. The van der Waals surface area contributed by atoms with E-state index in [1.807, 2.05) is 37.4 Å². The van der Waals surface area contributed by atoms with Crippen molar-refractivity contribution in [2.75, 3.05) is 5.32 Å². The lowest BCUT2D eigenvalue weighted by Gasteiger charge is -2.04. The van der Waals surface area contributed by atoms with E-state index in [1.54, 1.807) is 6.20 Å². The van der Waals surface area contributed by atoms with Crippen LogP contribution in [0.3, 0.4) is 0 Å². The standard InChI is InChI=1S/C19H21N5O2/c1-13-20-9-11-24(13)10-3-6-17-22-18(23-26-17)15-4-2-5-16(12-15)21-19(25)14-7-8-14/h2,4-5,9,11-12,14H,3,6-8,10H2,1H3,(H,21,25). The monoisotopic (exact) mass is 351 g/mol. The molecule has 1 amide bonds. The number of carbonyl (C=O) groups excluding carboxylic acids is 1. The lowest BCUT2D eigenvalue weighted by molar-refractivity contribution is -0.117. The van der Waals surface area contributed by atoms with Crippen molar-refractivity contribution in [3.63, 3.8) is 0 Å². The third-order valence-corrected chi connectivity index (χ3v) is 4.52. The van der Waals surface area contributed by atoms with Crippen molar-refractivity contribution >= 4 is 11.6 Å². The number of rotatable bonds is 7. The van der Waals surface area contributed by atoms with Gasteiger partial charge >= 0.3 is 0 Å². The van der Waals surface area contributed by atoms with Crippen molar-refractivity contribution in [3.05, 3.63) is 48.4 Å². The van der Waals surface area contributed by atoms with Crippen LogP contribution < -0.4 is 5.32 Å². The van der Waals surface area contributed by atoms with E-state index in [0.717, 1.165) is 42.9 Å². The maximum absolute atomic E-state index is 11.9. The molecule has 2 aromatic heterocycles. The predicted molar refractivity (Wildman–Crippen MR) is 96.4 cm³/mol. The first-order valence-corrected chi connectivity index (χ1v) is 8.90. The van der Waals surface area contributed by atoms with Gasteiger partial charge in [-0.05, 0) is 38.3 Å². The highest BCUT2D eigenvalue weighted by Crippen LogP contribution is 2.30. The number of nitrogens with one attached hydrogen (secondary N) is 1. The first-order chi connectivity index (χ1) is 12.7. The molecule has 0 aliphatic heterocycles. The second-order valence-electron chi connectivity index (χ2n) is 6.63. The molecule has 1 saturated carbocycles. The molecule has 4 rings (SSSR count). The molecule has 26 heavy (non-hydrogen) atoms. The van der Waals surface area contributed by atoms with Gasteiger partial charge in [-0.1, -0.05) is 17.3 Å². The molecule has 0 unspecified atom stereocenters. The predicted octanol–water partition coefficient (Wildman–Crippen LogP) is 3.22. The topological polar surface area (TPSA) is 85.8 Å². The lowest BCUT2D eigenvalue weighted by atomic mass is 10.2. The van der Waals surface area contributed by atoms with Gasteiger partial charge < -0.3 is 14.4 Å². The fraction of sp³-hybridized carbons (Fsp3) is 0.368. The van der Waals surface area contributed by atoms with E-state index in [2.05, 4.69) is 25.0 Å². The number of nitrogens with zero attached hydrogens (tertiary/aromatic N) is 4. The zero-order chi connectivity index (χ0) is 17.9. The Morgan fingerprint density at radius 2 is 2.27 bits per heavy atom. The van der Waals surface area contributed by atoms with Gasteiger partial charge in [0, 0.05) is 42.5 Å². The van der Waals surface area contributed by atoms with Crippen LogP contribution in [-0.2, 0) is 17.8 Å². The van der Waals surface area contributed by atoms with Gasteiger partial charge in [0.05, 0.1) is 0 Å². The maximum atomic E-state index is 11.9. The second-order valence-corrected chi connectivity index (χ2v) is 6.63. The van der Waals surface area contributed by atoms with Crippen LogP contribution in [0.25, 0.3) is 11.4 Å². The molecule has 0 bridgehead atoms. The zero-order valence-electron chi connectivity index (χ0n) is 14.7. The van der Waals surface area contributed by atoms with Gasteiger partial charge in [0.15, 0.2) is 0 Å². The second kappa shape index (κ2) is 7.11. The zero-order valence-corrected chi connectivity index (χ0v) is 14.7. The van der Waals surface area contributed by atoms with E-state index in [9.17, 15) is 4.79 Å². The number of aromatic nitrogens is 4. The van der Waals surface area contributed by atoms with E-state index in [1.165, 1.54) is 0 Å². The molecular formula is C19H21N5O2. The summed E-state index contributed by atoms with van der Waals surface area (Å²) in [6, 6.07) is 7.55. The highest BCUT2D eigenvalue weighted by molar-refractivity contribution is 5.94. The first-order valence-electron chi connectivity index (χ1n) is 8.90. The van der Waals surface area contributed by atoms with Crippen LogP contribution in [0.5, 0.6) is 0 Å². The van der Waals surface area contributed by atoms with E-state index >= 15 is 0 Å². The van der Waals surface area contributed by atoms with Gasteiger partial charge in [-0.2, -0.15) is 4.98 Å². The molecule has 1 aliphatic carbocycles. The van der Waals surface area contributed by atoms with Crippen LogP contribution in [-0.4, -0.2) is 25.6 Å². The average molecular weight is 351 g/mol. The van der Waals surface area contributed by atoms with Crippen LogP contribution in [0.4, 0.5) is 5.69 Å². The van der Waals surface area contributed by atoms with Crippen molar-refractivity contribution in [2.45, 2.75) is 39.2 Å². The Kier molecular flexibility index (Phi) is 4.51. The molecule has 2 heterocycles. The summed E-state index contributed by atoms with van der Waals surface area (Å²) < 4.78 is 7.47. The van der Waals surface area contributed by atoms with E-state index in [0.29, 0.717) is 18.1 Å². The molecule has 1 aromatic carbocycles. The molecule has 0 saturated heterocycles. The van der Waals surface area contributed by atoms with Crippen molar-refractivity contribution in [3.8, 4) is 11.4 Å². The Hall–Kier alpha value is -2.96. The van der Waals surface area contributed by atoms with Gasteiger partial charge in [-0.3, -0.25) is 4.79 Å². The van der Waals surface area contributed by atoms with Gasteiger partial charge in [0.25, 0.3) is 0 Å². The van der Waals surface area contributed by atoms with E-state index < -0.39 is 0 Å². The first kappa shape index (κ1) is 16.5. The number of hydrogen-bond acceptors (Lipinski definition) is 5. The molecule has 7 heteroatoms. The number of carbonyl (C=O) groups is 1. The molecule has 1 aliphatic rings. The van der Waals surface area contributed by atoms with Gasteiger partial charge in [0.2, 0.25) is 17.6 Å². The fourth-order valence-electron chi connectivity index (χ4n) is 2.84. The van der Waals surface area contributed by atoms with Gasteiger partial charge in [-0.15, -0.1) is 0 Å². The molecule has 7 nitrogen and oxygen atoms in total. The Morgan fingerprint density at radius 3 is 3.04 bits per heavy atom. The minimum absolute atomic E-state index is 0.0887. The third kappa shape index (κ3) is 3.82. The van der Waals surface area contributed by atoms with E-state index in [4.69, 9.17) is 4.52 Å². The molecule has 0 atom stereocenters. The summed E-state index contributed by atoms with van der Waals surface area (Å²) >= 11 is 0. The number of imidazole rings is 1. The Labute approximate surface area is 151 Å². The van der Waals surface area contributed by atoms with Crippen molar-refractivity contribution < 1.29 is 9.32 Å². The molecule has 134 valence electrons. The largest absolute Gasteiger partial charge is 0.339 e. The summed E-state index contributed by atoms with van der Waals surface area (Å²) in [4.78, 5) is 20.6. The third-order valence-electron chi connectivity index (χ3n) is 4.52. The van der Waals surface area contributed by atoms with Gasteiger partial charge in [0.1, 0.15) is 5.82 Å². The van der Waals surface area contributed by atoms with Gasteiger partial charge in [-0.25, -0.2) is 4.98 Å². The summed E-state index contributed by atoms with van der Waals surface area (Å²) in [5, 5.41) is 7.01. The van der Waals surface area contributed by atoms with Crippen LogP contribution in [0.2, 0.25) is 0 Å². The highest BCUT2D eigenvalue weighted by atomic mass is 16.5. The fourth-order valence-corrected chi connectivity index (χ4v) is 2.84. The Balaban J connectivity index is 1.37. The minimum atomic E-state index is 0.0887. The quantitative estimate of drug-likeness (QED) is 0.706. The van der Waals surface area contributed by atoms with Crippen LogP contribution in [0, 0.1) is 12.8 Å². The number of amides is 1. The van der Waals surface area contributed by atoms with Crippen LogP contribution in [0.15, 0.2) is 41.2 Å². The normalized spacial score (nSPS) is 13.7. The SMILES string of the molecule is Cc1nccn1CCCc1nc(-c2cccc(NC(=O)C3CC3)c2)no1. The van der Waals surface area contributed by atoms with Crippen molar-refractivity contribution in [2.24, 2.45) is 5.92 Å². The highest BCUT2D eigenvalue weighted by Gasteiger charge is 2.29. The number of hydrogen-bond donors (Lipinski definition) is 1. The van der Waals surface area contributed by atoms with Crippen LogP contribution in [0.1, 0.15) is 31.0 Å². The Bertz CT molecular complexity index is 910. The molecular weight excluding hydrogens is 330 g/mol. The van der Waals surface area contributed by atoms with E-state index in [-0.39, 0.29) is 11.8 Å². The molecule has 3 aromatic rings. The summed E-state index contributed by atoms with van der Waals surface area (Å²) in [6.07, 6.45) is 7.35. The number of aryl methyl sites for hydroxylation is 3. The van der Waals surface area contributed by atoms with Crippen molar-refractivity contribution in [1.82, 2.24) is 19.7 Å². The summed E-state index contributed by atoms with van der Waals surface area (Å²) in [5.41, 5.74) is 1.60. The maximum Gasteiger partial charge on any atom is 0.227 e. The molecule has 1 fully saturated rings. The molecule has 0 radical (unpaired) electrons. The summed E-state index contributed by atoms with van der Waals surface area (Å²) in [7, 11) is 0. The molecule has 0 spiro atoms. The average Bonchev–Trinajstić information content (AvgIpc) is 3.26. The van der Waals surface area contributed by atoms with Crippen molar-refractivity contribution in [1.29, 1.82) is 0 Å². The number of anilines is 1. The molecule has 1 N–H and O–H groups in total. The minimum Gasteiger partial charge on any atom is -0.339 e. The Morgan fingerprint density at radius 1 is 1.38 bits per heavy atom. The van der Waals surface area contributed by atoms with Crippen LogP contribution >= 0.6 is 0 Å². The summed E-state index contributed by atoms with van der Waals surface area (Å²) in [5.74, 6) is 2.42. The smallest absolute Gasteiger partial charge is 0.227 e. The lowest BCUT2D eigenvalue weighted by Crippen LogP contribution is -2.13.